The molecule has 1 fully saturated rings. The van der Waals surface area contributed by atoms with Crippen LogP contribution in [0.5, 0.6) is 0 Å². The maximum Gasteiger partial charge on any atom is 0.305 e. The standard InChI is InChI=1S/C19H19F2N3O3/c20-12-5-2-7-14(16(12)21)24-13-6-1-4-11(13)17(23-24)18(27)22-19(8-3-9-19)10-15(25)26/h2,5,7H,1,3-4,6,8-10H2,(H,22,27)(H,25,26). The lowest BCUT2D eigenvalue weighted by atomic mass is 9.74. The van der Waals surface area contributed by atoms with Crippen LogP contribution in [0.2, 0.25) is 0 Å². The number of aliphatic carboxylic acids is 1. The van der Waals surface area contributed by atoms with Crippen molar-refractivity contribution < 1.29 is 23.5 Å². The Morgan fingerprint density at radius 3 is 2.67 bits per heavy atom. The van der Waals surface area contributed by atoms with Crippen molar-refractivity contribution in [2.24, 2.45) is 0 Å². The Kier molecular flexibility index (Phi) is 4.20. The van der Waals surface area contributed by atoms with Gasteiger partial charge in [-0.05, 0) is 50.7 Å². The number of hydrogen-bond donors (Lipinski definition) is 2. The summed E-state index contributed by atoms with van der Waals surface area (Å²) in [4.78, 5) is 24.0. The maximum atomic E-state index is 14.2. The van der Waals surface area contributed by atoms with E-state index < -0.39 is 29.0 Å². The number of hydrogen-bond acceptors (Lipinski definition) is 3. The smallest absolute Gasteiger partial charge is 0.305 e. The van der Waals surface area contributed by atoms with Gasteiger partial charge in [0, 0.05) is 11.3 Å². The van der Waals surface area contributed by atoms with E-state index in [4.69, 9.17) is 5.11 Å². The van der Waals surface area contributed by atoms with E-state index in [0.717, 1.165) is 24.5 Å². The highest BCUT2D eigenvalue weighted by Crippen LogP contribution is 2.36. The van der Waals surface area contributed by atoms with Gasteiger partial charge in [0.15, 0.2) is 17.3 Å². The van der Waals surface area contributed by atoms with E-state index in [0.29, 0.717) is 31.4 Å². The van der Waals surface area contributed by atoms with E-state index >= 15 is 0 Å². The molecule has 2 aliphatic rings. The largest absolute Gasteiger partial charge is 0.481 e. The lowest BCUT2D eigenvalue weighted by Gasteiger charge is -2.41. The van der Waals surface area contributed by atoms with Crippen molar-refractivity contribution >= 4 is 11.9 Å². The molecular formula is C19H19F2N3O3. The summed E-state index contributed by atoms with van der Waals surface area (Å²) in [6.07, 6.45) is 3.96. The van der Waals surface area contributed by atoms with Crippen LogP contribution in [0, 0.1) is 11.6 Å². The first kappa shape index (κ1) is 17.6. The first-order valence-corrected chi connectivity index (χ1v) is 9.00. The van der Waals surface area contributed by atoms with Gasteiger partial charge < -0.3 is 10.4 Å². The Balaban J connectivity index is 1.69. The highest BCUT2D eigenvalue weighted by Gasteiger charge is 2.41. The van der Waals surface area contributed by atoms with Crippen LogP contribution in [0.4, 0.5) is 8.78 Å². The highest BCUT2D eigenvalue weighted by molar-refractivity contribution is 5.95. The van der Waals surface area contributed by atoms with Crippen LogP contribution in [-0.4, -0.2) is 32.3 Å². The van der Waals surface area contributed by atoms with Crippen LogP contribution < -0.4 is 5.32 Å². The van der Waals surface area contributed by atoms with Crippen LogP contribution in [0.15, 0.2) is 18.2 Å². The summed E-state index contributed by atoms with van der Waals surface area (Å²) in [6, 6.07) is 3.85. The fraction of sp³-hybridized carbons (Fsp3) is 0.421. The molecule has 2 aliphatic carbocycles. The third-order valence-electron chi connectivity index (χ3n) is 5.48. The molecule has 1 heterocycles. The zero-order valence-corrected chi connectivity index (χ0v) is 14.6. The van der Waals surface area contributed by atoms with E-state index in [1.54, 1.807) is 0 Å². The summed E-state index contributed by atoms with van der Waals surface area (Å²) >= 11 is 0. The Bertz CT molecular complexity index is 935. The number of nitrogens with one attached hydrogen (secondary N) is 1. The number of benzene rings is 1. The quantitative estimate of drug-likeness (QED) is 0.842. The Morgan fingerprint density at radius 2 is 2.00 bits per heavy atom. The number of carboxylic acids is 1. The van der Waals surface area contributed by atoms with Crippen LogP contribution >= 0.6 is 0 Å². The van der Waals surface area contributed by atoms with Gasteiger partial charge in [0.1, 0.15) is 5.69 Å². The second kappa shape index (κ2) is 6.44. The molecule has 4 rings (SSSR count). The number of aromatic nitrogens is 2. The summed E-state index contributed by atoms with van der Waals surface area (Å²) in [5, 5.41) is 16.2. The number of nitrogens with zero attached hydrogens (tertiary/aromatic N) is 2. The fourth-order valence-corrected chi connectivity index (χ4v) is 4.01. The second-order valence-electron chi connectivity index (χ2n) is 7.27. The van der Waals surface area contributed by atoms with Gasteiger partial charge in [0.2, 0.25) is 0 Å². The second-order valence-corrected chi connectivity index (χ2v) is 7.27. The topological polar surface area (TPSA) is 84.2 Å². The van der Waals surface area contributed by atoms with Gasteiger partial charge >= 0.3 is 5.97 Å². The fourth-order valence-electron chi connectivity index (χ4n) is 4.01. The van der Waals surface area contributed by atoms with Gasteiger partial charge in [-0.3, -0.25) is 9.59 Å². The predicted molar refractivity (Wildman–Crippen MR) is 91.8 cm³/mol. The molecule has 142 valence electrons. The van der Waals surface area contributed by atoms with E-state index in [9.17, 15) is 18.4 Å². The first-order chi connectivity index (χ1) is 12.9. The average Bonchev–Trinajstić information content (AvgIpc) is 3.17. The summed E-state index contributed by atoms with van der Waals surface area (Å²) in [5.74, 6) is -3.41. The number of fused-ring (bicyclic) bond motifs is 1. The molecule has 1 saturated carbocycles. The van der Waals surface area contributed by atoms with Crippen LogP contribution in [0.1, 0.15) is 53.8 Å². The molecule has 8 heteroatoms. The SMILES string of the molecule is O=C(O)CC1(NC(=O)c2nn(-c3cccc(F)c3F)c3c2CCC3)CCC1. The summed E-state index contributed by atoms with van der Waals surface area (Å²) in [5.41, 5.74) is 0.813. The summed E-state index contributed by atoms with van der Waals surface area (Å²) < 4.78 is 29.2. The number of halogens is 2. The molecule has 1 amide bonds. The third-order valence-corrected chi connectivity index (χ3v) is 5.48. The van der Waals surface area contributed by atoms with Gasteiger partial charge in [0.05, 0.1) is 12.0 Å². The van der Waals surface area contributed by atoms with Gasteiger partial charge in [0.25, 0.3) is 5.91 Å². The number of amides is 1. The minimum Gasteiger partial charge on any atom is -0.481 e. The number of carbonyl (C=O) groups excluding carboxylic acids is 1. The van der Waals surface area contributed by atoms with Crippen molar-refractivity contribution in [1.82, 2.24) is 15.1 Å². The Hall–Kier alpha value is -2.77. The molecule has 0 atom stereocenters. The normalized spacial score (nSPS) is 17.3. The lowest BCUT2D eigenvalue weighted by molar-refractivity contribution is -0.139. The first-order valence-electron chi connectivity index (χ1n) is 9.00. The van der Waals surface area contributed by atoms with Gasteiger partial charge in [-0.25, -0.2) is 13.5 Å². The van der Waals surface area contributed by atoms with E-state index in [-0.39, 0.29) is 17.8 Å². The summed E-state index contributed by atoms with van der Waals surface area (Å²) in [6.45, 7) is 0. The highest BCUT2D eigenvalue weighted by atomic mass is 19.2. The molecule has 2 aromatic rings. The van der Waals surface area contributed by atoms with Crippen LogP contribution in [0.25, 0.3) is 5.69 Å². The van der Waals surface area contributed by atoms with Crippen LogP contribution in [-0.2, 0) is 17.6 Å². The molecule has 2 N–H and O–H groups in total. The monoisotopic (exact) mass is 375 g/mol. The van der Waals surface area contributed by atoms with E-state index in [1.807, 2.05) is 0 Å². The maximum absolute atomic E-state index is 14.2. The van der Waals surface area contributed by atoms with Crippen molar-refractivity contribution in [2.75, 3.05) is 0 Å². The van der Waals surface area contributed by atoms with E-state index in [2.05, 4.69) is 10.4 Å². The zero-order valence-electron chi connectivity index (χ0n) is 14.6. The van der Waals surface area contributed by atoms with Crippen molar-refractivity contribution in [3.63, 3.8) is 0 Å². The molecule has 0 unspecified atom stereocenters. The molecule has 27 heavy (non-hydrogen) atoms. The Labute approximate surface area is 154 Å². The molecule has 1 aromatic heterocycles. The molecule has 0 saturated heterocycles. The number of rotatable bonds is 5. The molecule has 0 bridgehead atoms. The van der Waals surface area contributed by atoms with Crippen LogP contribution in [0.3, 0.4) is 0 Å². The minimum absolute atomic E-state index is 0.0314. The van der Waals surface area contributed by atoms with Crippen molar-refractivity contribution in [3.8, 4) is 5.69 Å². The van der Waals surface area contributed by atoms with Gasteiger partial charge in [-0.1, -0.05) is 6.07 Å². The van der Waals surface area contributed by atoms with E-state index in [1.165, 1.54) is 16.8 Å². The number of carboxylic acid groups (broad SMARTS) is 1. The predicted octanol–water partition coefficient (Wildman–Crippen LogP) is 2.77. The minimum atomic E-state index is -1.01. The van der Waals surface area contributed by atoms with Crippen molar-refractivity contribution in [2.45, 2.75) is 50.5 Å². The molecule has 6 nitrogen and oxygen atoms in total. The zero-order chi connectivity index (χ0) is 19.2. The molecule has 0 aliphatic heterocycles. The average molecular weight is 375 g/mol. The van der Waals surface area contributed by atoms with Gasteiger partial charge in [-0.2, -0.15) is 5.10 Å². The molecule has 1 aromatic carbocycles. The molecule has 0 radical (unpaired) electrons. The number of carbonyl (C=O) groups is 2. The molecular weight excluding hydrogens is 356 g/mol. The van der Waals surface area contributed by atoms with Crippen molar-refractivity contribution in [1.29, 1.82) is 0 Å². The third kappa shape index (κ3) is 2.98. The lowest BCUT2D eigenvalue weighted by Crippen LogP contribution is -2.54. The molecule has 0 spiro atoms. The van der Waals surface area contributed by atoms with Crippen molar-refractivity contribution in [3.05, 3.63) is 46.8 Å². The van der Waals surface area contributed by atoms with Gasteiger partial charge in [-0.15, -0.1) is 0 Å². The summed E-state index contributed by atoms with van der Waals surface area (Å²) in [7, 11) is 0. The Morgan fingerprint density at radius 1 is 1.22 bits per heavy atom.